The van der Waals surface area contributed by atoms with E-state index in [1.54, 1.807) is 6.07 Å². The van der Waals surface area contributed by atoms with Gasteiger partial charge in [-0.3, -0.25) is 9.62 Å². The molecule has 1 amide bonds. The van der Waals surface area contributed by atoms with Gasteiger partial charge in [0.2, 0.25) is 0 Å². The minimum absolute atomic E-state index is 0.224. The Morgan fingerprint density at radius 3 is 2.68 bits per heavy atom. The van der Waals surface area contributed by atoms with Gasteiger partial charge in [0.25, 0.3) is 0 Å². The largest absolute Gasteiger partial charge is 0.485 e. The van der Waals surface area contributed by atoms with Crippen molar-refractivity contribution < 1.29 is 23.7 Å². The van der Waals surface area contributed by atoms with Crippen molar-refractivity contribution in [2.45, 2.75) is 39.7 Å². The summed E-state index contributed by atoms with van der Waals surface area (Å²) in [4.78, 5) is 13.1. The van der Waals surface area contributed by atoms with E-state index in [0.717, 1.165) is 12.0 Å². The number of benzene rings is 1. The number of nitrogens with zero attached hydrogens (tertiary/aromatic N) is 1. The minimum Gasteiger partial charge on any atom is -0.485 e. The minimum atomic E-state index is -2.28. The molecule has 1 aromatic rings. The monoisotopic (exact) mass is 448 g/mol. The Bertz CT molecular complexity index is 722. The number of carboxylic acid groups (broad SMARTS) is 1. The van der Waals surface area contributed by atoms with Crippen molar-refractivity contribution in [1.82, 2.24) is 4.72 Å². The number of amides is 1. The number of nitrogens with one attached hydrogen (secondary N) is 1. The predicted molar refractivity (Wildman–Crippen MR) is 118 cm³/mol. The van der Waals surface area contributed by atoms with Crippen LogP contribution in [0.5, 0.6) is 5.75 Å². The summed E-state index contributed by atoms with van der Waals surface area (Å²) < 4.78 is 20.4. The molecule has 2 N–H and O–H groups in total. The third kappa shape index (κ3) is 6.34. The highest BCUT2D eigenvalue weighted by atomic mass is 32.5. The summed E-state index contributed by atoms with van der Waals surface area (Å²) in [6, 6.07) is 5.62. The summed E-state index contributed by atoms with van der Waals surface area (Å²) in [5.41, 5.74) is 1.27. The lowest BCUT2D eigenvalue weighted by atomic mass is 10.0. The number of anilines is 1. The van der Waals surface area contributed by atoms with Gasteiger partial charge in [0, 0.05) is 24.7 Å². The number of carbonyl (C=O) groups is 1. The molecule has 0 spiro atoms. The van der Waals surface area contributed by atoms with Crippen molar-refractivity contribution in [2.24, 2.45) is 0 Å². The molecule has 0 saturated carbocycles. The van der Waals surface area contributed by atoms with E-state index in [2.05, 4.69) is 4.72 Å². The van der Waals surface area contributed by atoms with Gasteiger partial charge in [0.15, 0.2) is 6.49 Å². The lowest BCUT2D eigenvalue weighted by molar-refractivity contribution is 0.138. The fourth-order valence-corrected chi connectivity index (χ4v) is 6.24. The van der Waals surface area contributed by atoms with Crippen LogP contribution in [0, 0.1) is 0 Å². The van der Waals surface area contributed by atoms with E-state index in [1.165, 1.54) is 16.8 Å². The van der Waals surface area contributed by atoms with Crippen molar-refractivity contribution in [2.75, 3.05) is 36.7 Å². The van der Waals surface area contributed by atoms with Gasteiger partial charge in [-0.25, -0.2) is 4.79 Å². The first kappa shape index (κ1) is 23.4. The van der Waals surface area contributed by atoms with E-state index in [0.29, 0.717) is 37.4 Å². The number of hydrogen-bond acceptors (Lipinski definition) is 7. The normalized spacial score (nSPS) is 15.1. The Balaban J connectivity index is 1.95. The highest BCUT2D eigenvalue weighted by molar-refractivity contribution is 8.10. The van der Waals surface area contributed by atoms with Gasteiger partial charge in [0.05, 0.1) is 24.8 Å². The Morgan fingerprint density at radius 1 is 1.39 bits per heavy atom. The van der Waals surface area contributed by atoms with Crippen LogP contribution >= 0.6 is 18.4 Å². The van der Waals surface area contributed by atoms with E-state index in [4.69, 9.17) is 25.6 Å². The molecule has 0 fully saturated rings. The molecule has 0 atom stereocenters. The fraction of sp³-hybridized carbons (Fsp3) is 0.611. The molecular weight excluding hydrogens is 419 g/mol. The molecule has 1 aliphatic heterocycles. The molecule has 0 bridgehead atoms. The fourth-order valence-electron chi connectivity index (χ4n) is 2.96. The Hall–Kier alpha value is -0.830. The van der Waals surface area contributed by atoms with Crippen LogP contribution in [-0.4, -0.2) is 48.6 Å². The molecule has 2 rings (SSSR count). The number of hydrogen-bond donors (Lipinski definition) is 2. The van der Waals surface area contributed by atoms with Gasteiger partial charge in [-0.1, -0.05) is 24.1 Å². The average Bonchev–Trinajstić information content (AvgIpc) is 2.92. The molecule has 158 valence electrons. The first-order chi connectivity index (χ1) is 13.2. The van der Waals surface area contributed by atoms with Crippen LogP contribution in [0.25, 0.3) is 0 Å². The first-order valence-corrected chi connectivity index (χ1v) is 13.1. The third-order valence-electron chi connectivity index (χ3n) is 4.03. The molecule has 0 aromatic heterocycles. The summed E-state index contributed by atoms with van der Waals surface area (Å²) >= 11 is 6.80. The van der Waals surface area contributed by atoms with Crippen LogP contribution < -0.4 is 14.4 Å². The Labute approximate surface area is 176 Å². The van der Waals surface area contributed by atoms with E-state index < -0.39 is 12.6 Å². The van der Waals surface area contributed by atoms with Crippen molar-refractivity contribution in [3.63, 3.8) is 0 Å². The first-order valence-electron chi connectivity index (χ1n) is 9.25. The summed E-state index contributed by atoms with van der Waals surface area (Å²) in [6.07, 6.45) is 0.320. The van der Waals surface area contributed by atoms with Crippen molar-refractivity contribution >= 4 is 42.0 Å². The van der Waals surface area contributed by atoms with Crippen LogP contribution in [0.2, 0.25) is 0 Å². The Morgan fingerprint density at radius 2 is 2.07 bits per heavy atom. The summed E-state index contributed by atoms with van der Waals surface area (Å²) in [7, 11) is 0. The molecule has 1 aromatic carbocycles. The van der Waals surface area contributed by atoms with Gasteiger partial charge in [-0.2, -0.15) is 0 Å². The topological polar surface area (TPSA) is 80.3 Å². The van der Waals surface area contributed by atoms with Crippen LogP contribution in [-0.2, 0) is 27.3 Å². The molecule has 1 aliphatic rings. The lowest BCUT2D eigenvalue weighted by Gasteiger charge is -2.24. The van der Waals surface area contributed by atoms with E-state index >= 15 is 0 Å². The van der Waals surface area contributed by atoms with Crippen LogP contribution in [0.4, 0.5) is 10.5 Å². The second kappa shape index (κ2) is 10.3. The van der Waals surface area contributed by atoms with E-state index in [-0.39, 0.29) is 11.5 Å². The van der Waals surface area contributed by atoms with E-state index in [9.17, 15) is 9.90 Å². The molecule has 10 heteroatoms. The second-order valence-electron chi connectivity index (χ2n) is 6.85. The molecule has 0 aliphatic carbocycles. The predicted octanol–water partition coefficient (Wildman–Crippen LogP) is 4.46. The summed E-state index contributed by atoms with van der Waals surface area (Å²) in [5.74, 6) is 0.875. The molecular formula is C18H29N2O5PS2. The van der Waals surface area contributed by atoms with Gasteiger partial charge in [-0.05, 0) is 45.6 Å². The Kier molecular flexibility index (Phi) is 8.60. The van der Waals surface area contributed by atoms with Crippen LogP contribution in [0.3, 0.4) is 0 Å². The van der Waals surface area contributed by atoms with Crippen LogP contribution in [0.1, 0.15) is 33.3 Å². The zero-order valence-electron chi connectivity index (χ0n) is 16.8. The zero-order valence-corrected chi connectivity index (χ0v) is 19.3. The maximum Gasteiger partial charge on any atom is 0.412 e. The summed E-state index contributed by atoms with van der Waals surface area (Å²) in [5, 5.41) is 9.69. The highest BCUT2D eigenvalue weighted by Gasteiger charge is 2.34. The quantitative estimate of drug-likeness (QED) is 0.222. The molecule has 0 radical (unpaired) electrons. The van der Waals surface area contributed by atoms with Gasteiger partial charge >= 0.3 is 6.09 Å². The molecule has 0 unspecified atom stereocenters. The molecule has 1 heterocycles. The summed E-state index contributed by atoms with van der Waals surface area (Å²) in [6.45, 7) is 7.13. The second-order valence-corrected chi connectivity index (χ2v) is 11.5. The number of rotatable bonds is 11. The highest BCUT2D eigenvalue weighted by Crippen LogP contribution is 2.48. The standard InChI is InChI=1S/C18H29N2O5PS2/c1-5-23-26(27,24-6-2)11-10-19-28-13-20(17(21)22)15-9-7-8-14-12-18(3,4)25-16(14)15/h7-9,19H,5-6,10-13H2,1-4H3,(H,21,22). The van der Waals surface area contributed by atoms with Gasteiger partial charge in [0.1, 0.15) is 11.4 Å². The lowest BCUT2D eigenvalue weighted by Crippen LogP contribution is -2.31. The van der Waals surface area contributed by atoms with Crippen molar-refractivity contribution in [3.8, 4) is 5.75 Å². The van der Waals surface area contributed by atoms with Gasteiger partial charge in [-0.15, -0.1) is 0 Å². The van der Waals surface area contributed by atoms with Crippen LogP contribution in [0.15, 0.2) is 18.2 Å². The number of ether oxygens (including phenoxy) is 1. The smallest absolute Gasteiger partial charge is 0.412 e. The van der Waals surface area contributed by atoms with Crippen molar-refractivity contribution in [3.05, 3.63) is 23.8 Å². The SMILES string of the molecule is CCOP(=S)(CCNSCN(C(=O)O)c1cccc2c1OC(C)(C)C2)OCC. The average molecular weight is 449 g/mol. The number of fused-ring (bicyclic) bond motifs is 1. The zero-order chi connectivity index (χ0) is 20.8. The molecule has 28 heavy (non-hydrogen) atoms. The maximum absolute atomic E-state index is 11.8. The van der Waals surface area contributed by atoms with E-state index in [1.807, 2.05) is 39.8 Å². The molecule has 7 nitrogen and oxygen atoms in total. The maximum atomic E-state index is 11.8. The third-order valence-corrected chi connectivity index (χ3v) is 8.08. The van der Waals surface area contributed by atoms with Crippen molar-refractivity contribution in [1.29, 1.82) is 0 Å². The molecule has 0 saturated heterocycles. The number of para-hydroxylation sites is 1. The van der Waals surface area contributed by atoms with Gasteiger partial charge < -0.3 is 18.9 Å².